The summed E-state index contributed by atoms with van der Waals surface area (Å²) in [6.07, 6.45) is 0. The summed E-state index contributed by atoms with van der Waals surface area (Å²) in [5.74, 6) is -0.197. The zero-order valence-corrected chi connectivity index (χ0v) is 14.8. The van der Waals surface area contributed by atoms with Gasteiger partial charge in [0.15, 0.2) is 0 Å². The Morgan fingerprint density at radius 3 is 2.63 bits per heavy atom. The molecular formula is C13H8BrClINOS. The van der Waals surface area contributed by atoms with Crippen molar-refractivity contribution in [2.75, 3.05) is 5.32 Å². The van der Waals surface area contributed by atoms with Crippen molar-refractivity contribution in [3.05, 3.63) is 55.0 Å². The van der Waals surface area contributed by atoms with E-state index >= 15 is 0 Å². The molecule has 1 N–H and O–H groups in total. The average molecular weight is 469 g/mol. The van der Waals surface area contributed by atoms with Gasteiger partial charge in [-0.15, -0.1) is 12.6 Å². The van der Waals surface area contributed by atoms with Crippen LogP contribution in [0, 0.1) is 3.57 Å². The zero-order valence-electron chi connectivity index (χ0n) is 9.45. The van der Waals surface area contributed by atoms with E-state index in [1.807, 2.05) is 6.07 Å². The number of carbonyl (C=O) groups excluding carboxylic acids is 1. The quantitative estimate of drug-likeness (QED) is 0.458. The van der Waals surface area contributed by atoms with Gasteiger partial charge < -0.3 is 5.32 Å². The largest absolute Gasteiger partial charge is 0.321 e. The molecule has 2 aromatic rings. The lowest BCUT2D eigenvalue weighted by molar-refractivity contribution is 0.102. The average Bonchev–Trinajstić information content (AvgIpc) is 2.32. The highest BCUT2D eigenvalue weighted by molar-refractivity contribution is 14.1. The number of nitrogens with one attached hydrogen (secondary N) is 1. The van der Waals surface area contributed by atoms with Crippen LogP contribution in [0.15, 0.2) is 45.8 Å². The van der Waals surface area contributed by atoms with Crippen LogP contribution in [0.2, 0.25) is 5.02 Å². The molecule has 0 radical (unpaired) electrons. The van der Waals surface area contributed by atoms with E-state index in [-0.39, 0.29) is 5.91 Å². The Kier molecular flexibility index (Phi) is 5.16. The SMILES string of the molecule is O=C(Nc1ccc(Cl)cc1I)c1ccc(Br)cc1S. The predicted octanol–water partition coefficient (Wildman–Crippen LogP) is 5.25. The Hall–Kier alpha value is -0.240. The molecule has 0 aliphatic carbocycles. The molecule has 0 bridgehead atoms. The van der Waals surface area contributed by atoms with Gasteiger partial charge in [0.05, 0.1) is 11.3 Å². The van der Waals surface area contributed by atoms with Gasteiger partial charge in [0.2, 0.25) is 0 Å². The van der Waals surface area contributed by atoms with Gasteiger partial charge in [-0.2, -0.15) is 0 Å². The van der Waals surface area contributed by atoms with Crippen LogP contribution in [0.3, 0.4) is 0 Å². The van der Waals surface area contributed by atoms with Crippen LogP contribution in [0.25, 0.3) is 0 Å². The molecule has 0 aromatic heterocycles. The van der Waals surface area contributed by atoms with Gasteiger partial charge in [-0.1, -0.05) is 27.5 Å². The molecule has 0 saturated carbocycles. The minimum atomic E-state index is -0.197. The molecule has 1 amide bonds. The summed E-state index contributed by atoms with van der Waals surface area (Å²) < 4.78 is 1.77. The molecule has 0 aliphatic heterocycles. The number of benzene rings is 2. The maximum absolute atomic E-state index is 12.2. The lowest BCUT2D eigenvalue weighted by atomic mass is 10.2. The Morgan fingerprint density at radius 2 is 2.00 bits per heavy atom. The molecule has 0 aliphatic rings. The molecule has 6 heteroatoms. The van der Waals surface area contributed by atoms with Gasteiger partial charge in [0.25, 0.3) is 5.91 Å². The molecule has 2 aromatic carbocycles. The molecule has 0 atom stereocenters. The van der Waals surface area contributed by atoms with Crippen molar-refractivity contribution < 1.29 is 4.79 Å². The van der Waals surface area contributed by atoms with Gasteiger partial charge in [0, 0.05) is 18.0 Å². The summed E-state index contributed by atoms with van der Waals surface area (Å²) in [6, 6.07) is 10.6. The standard InChI is InChI=1S/C13H8BrClINOS/c14-7-1-3-9(12(19)5-7)13(18)17-11-4-2-8(15)6-10(11)16/h1-6,19H,(H,17,18). The van der Waals surface area contributed by atoms with Crippen LogP contribution >= 0.6 is 62.8 Å². The van der Waals surface area contributed by atoms with Crippen LogP contribution in [0.4, 0.5) is 5.69 Å². The number of rotatable bonds is 2. The van der Waals surface area contributed by atoms with E-state index < -0.39 is 0 Å². The maximum Gasteiger partial charge on any atom is 0.256 e. The minimum Gasteiger partial charge on any atom is -0.321 e. The Balaban J connectivity index is 2.25. The first-order valence-electron chi connectivity index (χ1n) is 5.22. The van der Waals surface area contributed by atoms with E-state index in [1.54, 1.807) is 30.3 Å². The fraction of sp³-hybridized carbons (Fsp3) is 0. The number of amides is 1. The third-order valence-corrected chi connectivity index (χ3v) is 4.37. The second-order valence-electron chi connectivity index (χ2n) is 3.74. The number of anilines is 1. The first-order chi connectivity index (χ1) is 8.97. The van der Waals surface area contributed by atoms with Gasteiger partial charge in [-0.3, -0.25) is 4.79 Å². The van der Waals surface area contributed by atoms with Crippen LogP contribution in [0.5, 0.6) is 0 Å². The van der Waals surface area contributed by atoms with Gasteiger partial charge in [-0.05, 0) is 59.0 Å². The summed E-state index contributed by atoms with van der Waals surface area (Å²) in [7, 11) is 0. The highest BCUT2D eigenvalue weighted by Crippen LogP contribution is 2.25. The van der Waals surface area contributed by atoms with E-state index in [1.165, 1.54) is 0 Å². The number of halogens is 3. The minimum absolute atomic E-state index is 0.197. The normalized spacial score (nSPS) is 10.3. The predicted molar refractivity (Wildman–Crippen MR) is 93.5 cm³/mol. The molecule has 2 nitrogen and oxygen atoms in total. The fourth-order valence-corrected chi connectivity index (χ4v) is 3.34. The third kappa shape index (κ3) is 3.87. The Morgan fingerprint density at radius 1 is 1.26 bits per heavy atom. The van der Waals surface area contributed by atoms with Crippen molar-refractivity contribution in [2.24, 2.45) is 0 Å². The molecular weight excluding hydrogens is 460 g/mol. The van der Waals surface area contributed by atoms with E-state index in [0.717, 1.165) is 13.7 Å². The number of hydrogen-bond acceptors (Lipinski definition) is 2. The summed E-state index contributed by atoms with van der Waals surface area (Å²) in [4.78, 5) is 12.8. The number of carbonyl (C=O) groups is 1. The molecule has 98 valence electrons. The first kappa shape index (κ1) is 15.2. The van der Waals surface area contributed by atoms with Crippen molar-refractivity contribution >= 4 is 74.3 Å². The van der Waals surface area contributed by atoms with Crippen LogP contribution in [-0.4, -0.2) is 5.91 Å². The van der Waals surface area contributed by atoms with Crippen molar-refractivity contribution in [3.63, 3.8) is 0 Å². The molecule has 0 heterocycles. The molecule has 0 fully saturated rings. The number of hydrogen-bond donors (Lipinski definition) is 2. The summed E-state index contributed by atoms with van der Waals surface area (Å²) in [5.41, 5.74) is 1.25. The lowest BCUT2D eigenvalue weighted by Crippen LogP contribution is -2.13. The van der Waals surface area contributed by atoms with Crippen molar-refractivity contribution in [3.8, 4) is 0 Å². The van der Waals surface area contributed by atoms with Crippen molar-refractivity contribution in [1.82, 2.24) is 0 Å². The van der Waals surface area contributed by atoms with Crippen LogP contribution < -0.4 is 5.32 Å². The van der Waals surface area contributed by atoms with E-state index in [4.69, 9.17) is 11.6 Å². The van der Waals surface area contributed by atoms with Gasteiger partial charge in [0.1, 0.15) is 0 Å². The lowest BCUT2D eigenvalue weighted by Gasteiger charge is -2.09. The number of thiol groups is 1. The Bertz CT molecular complexity index is 651. The highest BCUT2D eigenvalue weighted by atomic mass is 127. The second kappa shape index (κ2) is 6.47. The third-order valence-electron chi connectivity index (χ3n) is 2.38. The van der Waals surface area contributed by atoms with E-state index in [2.05, 4.69) is 56.5 Å². The van der Waals surface area contributed by atoms with Crippen molar-refractivity contribution in [1.29, 1.82) is 0 Å². The Labute approximate surface area is 143 Å². The molecule has 19 heavy (non-hydrogen) atoms. The van der Waals surface area contributed by atoms with Crippen LogP contribution in [-0.2, 0) is 0 Å². The van der Waals surface area contributed by atoms with Crippen LogP contribution in [0.1, 0.15) is 10.4 Å². The summed E-state index contributed by atoms with van der Waals surface area (Å²) >= 11 is 15.6. The van der Waals surface area contributed by atoms with Crippen molar-refractivity contribution in [2.45, 2.75) is 4.90 Å². The summed E-state index contributed by atoms with van der Waals surface area (Å²) in [5, 5.41) is 3.48. The molecule has 0 unspecified atom stereocenters. The zero-order chi connectivity index (χ0) is 14.0. The molecule has 2 rings (SSSR count). The summed E-state index contributed by atoms with van der Waals surface area (Å²) in [6.45, 7) is 0. The topological polar surface area (TPSA) is 29.1 Å². The highest BCUT2D eigenvalue weighted by Gasteiger charge is 2.11. The van der Waals surface area contributed by atoms with Gasteiger partial charge in [-0.25, -0.2) is 0 Å². The smallest absolute Gasteiger partial charge is 0.256 e. The van der Waals surface area contributed by atoms with E-state index in [0.29, 0.717) is 15.5 Å². The maximum atomic E-state index is 12.2. The molecule has 0 spiro atoms. The molecule has 0 saturated heterocycles. The second-order valence-corrected chi connectivity index (χ2v) is 6.74. The van der Waals surface area contributed by atoms with E-state index in [9.17, 15) is 4.79 Å². The fourth-order valence-electron chi connectivity index (χ4n) is 1.48. The van der Waals surface area contributed by atoms with Gasteiger partial charge >= 0.3 is 0 Å². The first-order valence-corrected chi connectivity index (χ1v) is 7.92. The monoisotopic (exact) mass is 467 g/mol.